The molecule has 1 fully saturated rings. The van der Waals surface area contributed by atoms with Crippen molar-refractivity contribution in [1.29, 1.82) is 0 Å². The maximum atomic E-state index is 13.9. The highest BCUT2D eigenvalue weighted by atomic mass is 35.5. The van der Waals surface area contributed by atoms with Crippen molar-refractivity contribution in [2.75, 3.05) is 38.0 Å². The van der Waals surface area contributed by atoms with E-state index in [4.69, 9.17) is 11.6 Å². The predicted molar refractivity (Wildman–Crippen MR) is 98.7 cm³/mol. The van der Waals surface area contributed by atoms with Crippen LogP contribution in [0.25, 0.3) is 0 Å². The number of rotatable bonds is 4. The number of anilines is 1. The van der Waals surface area contributed by atoms with Crippen LogP contribution in [-0.2, 0) is 4.79 Å². The summed E-state index contributed by atoms with van der Waals surface area (Å²) in [7, 11) is 0. The van der Waals surface area contributed by atoms with Crippen molar-refractivity contribution in [3.63, 3.8) is 0 Å². The highest BCUT2D eigenvalue weighted by Gasteiger charge is 2.25. The highest BCUT2D eigenvalue weighted by Crippen LogP contribution is 2.18. The van der Waals surface area contributed by atoms with Gasteiger partial charge in [-0.1, -0.05) is 11.6 Å². The standard InChI is InChI=1S/C19H17ClF3N3O2/c20-12-1-3-15(22)14(9-12)19(28)26-7-5-25(6-8-26)11-18(27)24-17-4-2-13(21)10-16(17)23/h1-4,9-10H,5-8,11H2,(H,24,27). The van der Waals surface area contributed by atoms with Gasteiger partial charge in [-0.15, -0.1) is 0 Å². The number of nitrogens with one attached hydrogen (secondary N) is 1. The molecule has 9 heteroatoms. The fourth-order valence-corrected chi connectivity index (χ4v) is 3.10. The topological polar surface area (TPSA) is 52.7 Å². The van der Waals surface area contributed by atoms with Gasteiger partial charge in [0.25, 0.3) is 5.91 Å². The Kier molecular flexibility index (Phi) is 6.21. The second-order valence-corrected chi connectivity index (χ2v) is 6.80. The van der Waals surface area contributed by atoms with Gasteiger partial charge in [-0.25, -0.2) is 13.2 Å². The maximum Gasteiger partial charge on any atom is 0.256 e. The van der Waals surface area contributed by atoms with E-state index in [0.717, 1.165) is 18.2 Å². The van der Waals surface area contributed by atoms with Crippen molar-refractivity contribution in [2.45, 2.75) is 0 Å². The van der Waals surface area contributed by atoms with Crippen LogP contribution in [0.15, 0.2) is 36.4 Å². The number of piperazine rings is 1. The molecule has 148 valence electrons. The summed E-state index contributed by atoms with van der Waals surface area (Å²) in [6.45, 7) is 1.40. The normalized spacial score (nSPS) is 14.8. The van der Waals surface area contributed by atoms with Crippen LogP contribution < -0.4 is 5.32 Å². The monoisotopic (exact) mass is 411 g/mol. The number of hydrogen-bond acceptors (Lipinski definition) is 3. The van der Waals surface area contributed by atoms with Crippen LogP contribution >= 0.6 is 11.6 Å². The Balaban J connectivity index is 1.53. The van der Waals surface area contributed by atoms with Crippen LogP contribution in [0.5, 0.6) is 0 Å². The van der Waals surface area contributed by atoms with Gasteiger partial charge < -0.3 is 10.2 Å². The summed E-state index contributed by atoms with van der Waals surface area (Å²) in [6, 6.07) is 6.70. The summed E-state index contributed by atoms with van der Waals surface area (Å²) < 4.78 is 40.4. The molecule has 0 unspecified atom stereocenters. The van der Waals surface area contributed by atoms with Crippen molar-refractivity contribution in [3.05, 3.63) is 64.4 Å². The van der Waals surface area contributed by atoms with E-state index in [1.165, 1.54) is 17.0 Å². The minimum Gasteiger partial charge on any atom is -0.336 e. The van der Waals surface area contributed by atoms with Crippen LogP contribution in [0, 0.1) is 17.5 Å². The Morgan fingerprint density at radius 3 is 2.36 bits per heavy atom. The van der Waals surface area contributed by atoms with Crippen molar-refractivity contribution in [1.82, 2.24) is 9.80 Å². The molecule has 2 amide bonds. The van der Waals surface area contributed by atoms with Crippen molar-refractivity contribution < 1.29 is 22.8 Å². The van der Waals surface area contributed by atoms with Crippen LogP contribution in [-0.4, -0.2) is 54.3 Å². The third kappa shape index (κ3) is 4.82. The zero-order valence-corrected chi connectivity index (χ0v) is 15.5. The van der Waals surface area contributed by atoms with Gasteiger partial charge in [-0.2, -0.15) is 0 Å². The number of carbonyl (C=O) groups excluding carboxylic acids is 2. The van der Waals surface area contributed by atoms with Crippen molar-refractivity contribution in [3.8, 4) is 0 Å². The Labute approximate surface area is 164 Å². The SMILES string of the molecule is O=C(CN1CCN(C(=O)c2cc(Cl)ccc2F)CC1)Nc1ccc(F)cc1F. The number of benzene rings is 2. The molecule has 0 aromatic heterocycles. The van der Waals surface area contributed by atoms with Crippen molar-refractivity contribution >= 4 is 29.1 Å². The van der Waals surface area contributed by atoms with Crippen molar-refractivity contribution in [2.24, 2.45) is 0 Å². The molecule has 1 N–H and O–H groups in total. The Morgan fingerprint density at radius 1 is 0.964 bits per heavy atom. The van der Waals surface area contributed by atoms with E-state index < -0.39 is 29.3 Å². The fourth-order valence-electron chi connectivity index (χ4n) is 2.92. The summed E-state index contributed by atoms with van der Waals surface area (Å²) >= 11 is 5.83. The third-order valence-corrected chi connectivity index (χ3v) is 4.63. The largest absolute Gasteiger partial charge is 0.336 e. The van der Waals surface area contributed by atoms with Gasteiger partial charge in [0, 0.05) is 37.3 Å². The minimum atomic E-state index is -0.854. The first-order valence-corrected chi connectivity index (χ1v) is 8.93. The third-order valence-electron chi connectivity index (χ3n) is 4.39. The van der Waals surface area contributed by atoms with E-state index in [0.29, 0.717) is 32.2 Å². The zero-order chi connectivity index (χ0) is 20.3. The molecule has 0 spiro atoms. The van der Waals surface area contributed by atoms with Gasteiger partial charge >= 0.3 is 0 Å². The molecular formula is C19H17ClF3N3O2. The average molecular weight is 412 g/mol. The molecule has 0 aliphatic carbocycles. The summed E-state index contributed by atoms with van der Waals surface area (Å²) in [5, 5.41) is 2.66. The molecule has 5 nitrogen and oxygen atoms in total. The van der Waals surface area contributed by atoms with E-state index in [9.17, 15) is 22.8 Å². The molecule has 0 bridgehead atoms. The molecule has 1 saturated heterocycles. The summed E-state index contributed by atoms with van der Waals surface area (Å²) in [4.78, 5) is 27.8. The van der Waals surface area contributed by atoms with Gasteiger partial charge in [0.15, 0.2) is 0 Å². The van der Waals surface area contributed by atoms with E-state index in [2.05, 4.69) is 5.32 Å². The van der Waals surface area contributed by atoms with E-state index >= 15 is 0 Å². The first-order chi connectivity index (χ1) is 13.3. The average Bonchev–Trinajstić information content (AvgIpc) is 2.66. The first-order valence-electron chi connectivity index (χ1n) is 8.55. The first kappa shape index (κ1) is 20.2. The molecule has 2 aromatic carbocycles. The Morgan fingerprint density at radius 2 is 1.68 bits per heavy atom. The highest BCUT2D eigenvalue weighted by molar-refractivity contribution is 6.31. The van der Waals surface area contributed by atoms with Gasteiger partial charge in [0.05, 0.1) is 17.8 Å². The fraction of sp³-hybridized carbons (Fsp3) is 0.263. The lowest BCUT2D eigenvalue weighted by atomic mass is 10.1. The van der Waals surface area contributed by atoms with Gasteiger partial charge in [0.1, 0.15) is 17.5 Å². The molecule has 1 heterocycles. The second-order valence-electron chi connectivity index (χ2n) is 6.36. The number of hydrogen-bond donors (Lipinski definition) is 1. The quantitative estimate of drug-likeness (QED) is 0.841. The van der Waals surface area contributed by atoms with Crippen LogP contribution in [0.3, 0.4) is 0 Å². The second kappa shape index (κ2) is 8.62. The van der Waals surface area contributed by atoms with Gasteiger partial charge in [-0.3, -0.25) is 14.5 Å². The summed E-state index contributed by atoms with van der Waals surface area (Å²) in [5.74, 6) is -3.14. The van der Waals surface area contributed by atoms with E-state index in [1.807, 2.05) is 0 Å². The smallest absolute Gasteiger partial charge is 0.256 e. The van der Waals surface area contributed by atoms with Crippen LogP contribution in [0.4, 0.5) is 18.9 Å². The molecule has 3 rings (SSSR count). The molecule has 0 radical (unpaired) electrons. The molecule has 1 aliphatic rings. The van der Waals surface area contributed by atoms with Crippen LogP contribution in [0.1, 0.15) is 10.4 Å². The summed E-state index contributed by atoms with van der Waals surface area (Å²) in [6.07, 6.45) is 0. The predicted octanol–water partition coefficient (Wildman–Crippen LogP) is 3.15. The molecule has 2 aromatic rings. The molecular weight excluding hydrogens is 395 g/mol. The minimum absolute atomic E-state index is 0.00955. The number of nitrogens with zero attached hydrogens (tertiary/aromatic N) is 2. The number of carbonyl (C=O) groups is 2. The zero-order valence-electron chi connectivity index (χ0n) is 14.7. The van der Waals surface area contributed by atoms with E-state index in [-0.39, 0.29) is 22.8 Å². The molecule has 0 saturated carbocycles. The number of amides is 2. The maximum absolute atomic E-state index is 13.9. The lowest BCUT2D eigenvalue weighted by Gasteiger charge is -2.34. The molecule has 1 aliphatic heterocycles. The lowest BCUT2D eigenvalue weighted by molar-refractivity contribution is -0.117. The summed E-state index contributed by atoms with van der Waals surface area (Å²) in [5.41, 5.74) is -0.192. The van der Waals surface area contributed by atoms with Crippen LogP contribution in [0.2, 0.25) is 5.02 Å². The molecule has 28 heavy (non-hydrogen) atoms. The van der Waals surface area contributed by atoms with E-state index in [1.54, 1.807) is 4.90 Å². The number of halogens is 4. The molecule has 0 atom stereocenters. The Bertz CT molecular complexity index is 902. The Hall–Kier alpha value is -2.58. The van der Waals surface area contributed by atoms with Gasteiger partial charge in [0.2, 0.25) is 5.91 Å². The van der Waals surface area contributed by atoms with Gasteiger partial charge in [-0.05, 0) is 30.3 Å². The lowest BCUT2D eigenvalue weighted by Crippen LogP contribution is -2.50.